The molecule has 4 nitrogen and oxygen atoms in total. The number of hydrogen-bond donors (Lipinski definition) is 0. The average Bonchev–Trinajstić information content (AvgIpc) is 1.73. The van der Waals surface area contributed by atoms with Crippen molar-refractivity contribution in [3.8, 4) is 44.8 Å². The molecular weight excluding hydrogens is 1400 g/mol. The lowest BCUT2D eigenvalue weighted by Gasteiger charge is -2.42. The predicted octanol–water partition coefficient (Wildman–Crippen LogP) is 31.2. The van der Waals surface area contributed by atoms with Gasteiger partial charge in [0.2, 0.25) is 0 Å². The van der Waals surface area contributed by atoms with Crippen LogP contribution in [0.2, 0.25) is 0 Å². The van der Waals surface area contributed by atoms with Crippen molar-refractivity contribution in [2.75, 3.05) is 9.80 Å². The zero-order chi connectivity index (χ0) is 72.4. The van der Waals surface area contributed by atoms with Gasteiger partial charge < -0.3 is 18.9 Å². The molecule has 0 atom stereocenters. The molecule has 21 aromatic rings. The standard InChI is InChI=1S/C51H34N2S2.C51H36N2S.2CH4/c1-51(2)41-14-6-8-16-45(41)53(34-22-26-50-40(30-34)37-13-5-10-18-48(37)55-50)46-24-20-32(28-42(46)51)31-19-23-44-38(27-31)35-11-3-7-15-43(35)52(44)33-21-25-49-39(29-33)36-12-4-9-17-47(36)54-49;1-51(2)43-16-8-10-18-47(43)52(37-24-20-34(21-25-37)33-12-4-3-5-13-33)48-28-23-36(31-44(48)51)35-22-27-46-41(30-35)39-14-6-9-17-45(39)53(46)38-26-29-50-42(32-38)40-15-7-11-19-49(40)54-50;;/h3-30H,1-2H3;3-32H,1-2H3;2*1H4. The average molecular weight is 1480 g/mol. The fraction of sp³-hybridized carbons (Fsp3) is 0.0769. The molecule has 0 radical (unpaired) electrons. The summed E-state index contributed by atoms with van der Waals surface area (Å²) in [5, 5.41) is 13.0. The van der Waals surface area contributed by atoms with Gasteiger partial charge in [0.1, 0.15) is 0 Å². The van der Waals surface area contributed by atoms with Gasteiger partial charge in [0.25, 0.3) is 0 Å². The number of thiophene rings is 3. The van der Waals surface area contributed by atoms with E-state index >= 15 is 0 Å². The highest BCUT2D eigenvalue weighted by molar-refractivity contribution is 7.26. The molecule has 0 N–H and O–H groups in total. The molecule has 0 saturated heterocycles. The molecule has 0 amide bonds. The summed E-state index contributed by atoms with van der Waals surface area (Å²) in [4.78, 5) is 4.93. The van der Waals surface area contributed by atoms with Gasteiger partial charge in [0, 0.05) is 116 Å². The summed E-state index contributed by atoms with van der Waals surface area (Å²) < 4.78 is 12.8. The highest BCUT2D eigenvalue weighted by Gasteiger charge is 2.39. The maximum atomic E-state index is 2.48. The molecule has 7 heteroatoms. The molecule has 0 bridgehead atoms. The minimum absolute atomic E-state index is 0. The van der Waals surface area contributed by atoms with Gasteiger partial charge in [-0.1, -0.05) is 237 Å². The van der Waals surface area contributed by atoms with Crippen LogP contribution in [0.15, 0.2) is 352 Å². The Balaban J connectivity index is 0.000000142. The second-order valence-electron chi connectivity index (χ2n) is 30.3. The monoisotopic (exact) mass is 1480 g/mol. The van der Waals surface area contributed by atoms with Crippen LogP contribution in [0.5, 0.6) is 0 Å². The van der Waals surface area contributed by atoms with Crippen LogP contribution in [-0.4, -0.2) is 9.13 Å². The van der Waals surface area contributed by atoms with Crippen LogP contribution < -0.4 is 9.80 Å². The third-order valence-electron chi connectivity index (χ3n) is 23.6. The molecule has 0 saturated carbocycles. The Bertz CT molecular complexity index is 7320. The maximum absolute atomic E-state index is 2.48. The number of benzene rings is 16. The van der Waals surface area contributed by atoms with E-state index in [9.17, 15) is 0 Å². The van der Waals surface area contributed by atoms with Crippen LogP contribution in [0.25, 0.3) is 149 Å². The van der Waals surface area contributed by atoms with Crippen LogP contribution >= 0.6 is 34.0 Å². The van der Waals surface area contributed by atoms with Gasteiger partial charge >= 0.3 is 0 Å². The highest BCUT2D eigenvalue weighted by Crippen LogP contribution is 2.56. The van der Waals surface area contributed by atoms with Gasteiger partial charge in [0.05, 0.1) is 44.8 Å². The molecule has 111 heavy (non-hydrogen) atoms. The predicted molar refractivity (Wildman–Crippen MR) is 484 cm³/mol. The normalized spacial score (nSPS) is 13.4. The zero-order valence-corrected chi connectivity index (χ0v) is 62.9. The zero-order valence-electron chi connectivity index (χ0n) is 60.5. The lowest BCUT2D eigenvalue weighted by atomic mass is 9.73. The largest absolute Gasteiger partial charge is 0.310 e. The summed E-state index contributed by atoms with van der Waals surface area (Å²) in [5.74, 6) is 0. The molecule has 2 aliphatic rings. The second-order valence-corrected chi connectivity index (χ2v) is 33.6. The van der Waals surface area contributed by atoms with Gasteiger partial charge in [-0.15, -0.1) is 34.0 Å². The molecular formula is C104H78N4S3. The van der Waals surface area contributed by atoms with Crippen molar-refractivity contribution in [3.63, 3.8) is 0 Å². The van der Waals surface area contributed by atoms with Crippen LogP contribution in [0.3, 0.4) is 0 Å². The minimum atomic E-state index is -0.192. The van der Waals surface area contributed by atoms with Gasteiger partial charge in [-0.25, -0.2) is 0 Å². The van der Waals surface area contributed by atoms with E-state index in [1.807, 2.05) is 34.0 Å². The number of hydrogen-bond acceptors (Lipinski definition) is 5. The Morgan fingerprint density at radius 1 is 0.198 bits per heavy atom. The molecule has 0 aliphatic carbocycles. The Hall–Kier alpha value is -12.6. The van der Waals surface area contributed by atoms with Crippen LogP contribution in [0.1, 0.15) is 64.8 Å². The molecule has 0 fully saturated rings. The summed E-state index contributed by atoms with van der Waals surface area (Å²) >= 11 is 5.60. The van der Waals surface area contributed by atoms with Crippen molar-refractivity contribution in [1.82, 2.24) is 9.13 Å². The van der Waals surface area contributed by atoms with Gasteiger partial charge in [-0.3, -0.25) is 0 Å². The molecule has 532 valence electrons. The Morgan fingerprint density at radius 3 is 0.964 bits per heavy atom. The first-order valence-corrected chi connectivity index (χ1v) is 40.0. The van der Waals surface area contributed by atoms with E-state index in [2.05, 4.69) is 398 Å². The fourth-order valence-electron chi connectivity index (χ4n) is 18.2. The van der Waals surface area contributed by atoms with Crippen molar-refractivity contribution in [1.29, 1.82) is 0 Å². The first kappa shape index (κ1) is 67.7. The molecule has 5 aromatic heterocycles. The van der Waals surface area contributed by atoms with Crippen molar-refractivity contribution in [2.24, 2.45) is 0 Å². The quantitative estimate of drug-likeness (QED) is 0.158. The number of aromatic nitrogens is 2. The molecule has 23 rings (SSSR count). The Kier molecular flexibility index (Phi) is 15.9. The first-order chi connectivity index (χ1) is 53.5. The van der Waals surface area contributed by atoms with Crippen molar-refractivity contribution < 1.29 is 0 Å². The van der Waals surface area contributed by atoms with Crippen molar-refractivity contribution in [3.05, 3.63) is 374 Å². The van der Waals surface area contributed by atoms with Crippen LogP contribution in [0, 0.1) is 0 Å². The number of nitrogens with zero attached hydrogens (tertiary/aromatic N) is 4. The van der Waals surface area contributed by atoms with Gasteiger partial charge in [0.15, 0.2) is 0 Å². The minimum Gasteiger partial charge on any atom is -0.310 e. The molecule has 2 aliphatic heterocycles. The first-order valence-electron chi connectivity index (χ1n) is 37.6. The Morgan fingerprint density at radius 2 is 0.505 bits per heavy atom. The Labute approximate surface area is 658 Å². The highest BCUT2D eigenvalue weighted by atomic mass is 32.1. The lowest BCUT2D eigenvalue weighted by molar-refractivity contribution is 0.632. The van der Waals surface area contributed by atoms with Crippen molar-refractivity contribution in [2.45, 2.75) is 53.4 Å². The van der Waals surface area contributed by atoms with E-state index in [1.165, 1.54) is 200 Å². The van der Waals surface area contributed by atoms with Gasteiger partial charge in [-0.2, -0.15) is 0 Å². The van der Waals surface area contributed by atoms with Crippen LogP contribution in [-0.2, 0) is 10.8 Å². The molecule has 0 spiro atoms. The number of anilines is 6. The van der Waals surface area contributed by atoms with Crippen molar-refractivity contribution >= 4 is 172 Å². The number of fused-ring (bicyclic) bond motifs is 19. The van der Waals surface area contributed by atoms with E-state index in [4.69, 9.17) is 0 Å². The summed E-state index contributed by atoms with van der Waals surface area (Å²) in [6.45, 7) is 9.50. The molecule has 0 unspecified atom stereocenters. The molecule has 16 aromatic carbocycles. The smallest absolute Gasteiger partial charge is 0.0541 e. The number of para-hydroxylation sites is 4. The third kappa shape index (κ3) is 10.6. The summed E-state index contributed by atoms with van der Waals surface area (Å²) in [7, 11) is 0. The summed E-state index contributed by atoms with van der Waals surface area (Å²) in [5.41, 5.74) is 26.9. The van der Waals surface area contributed by atoms with E-state index in [1.54, 1.807) is 0 Å². The molecule has 7 heterocycles. The number of rotatable bonds is 7. The second kappa shape index (κ2) is 26.0. The van der Waals surface area contributed by atoms with E-state index in [-0.39, 0.29) is 25.7 Å². The third-order valence-corrected chi connectivity index (χ3v) is 27.0. The van der Waals surface area contributed by atoms with Gasteiger partial charge in [-0.05, 0) is 213 Å². The van der Waals surface area contributed by atoms with E-state index < -0.39 is 0 Å². The maximum Gasteiger partial charge on any atom is 0.0541 e. The summed E-state index contributed by atoms with van der Waals surface area (Å²) in [6, 6.07) is 131. The van der Waals surface area contributed by atoms with E-state index in [0.717, 1.165) is 5.69 Å². The lowest BCUT2D eigenvalue weighted by Crippen LogP contribution is -2.30. The summed E-state index contributed by atoms with van der Waals surface area (Å²) in [6.07, 6.45) is 0. The van der Waals surface area contributed by atoms with Crippen LogP contribution in [0.4, 0.5) is 34.1 Å². The van der Waals surface area contributed by atoms with E-state index in [0.29, 0.717) is 0 Å². The fourth-order valence-corrected chi connectivity index (χ4v) is 21.4. The topological polar surface area (TPSA) is 16.3 Å². The SMILES string of the molecule is C.C.CC1(C)c2ccccc2N(c2ccc(-c3ccccc3)cc2)c2ccc(-c3ccc4c(c3)c3ccccc3n4-c3ccc4sc5ccccc5c4c3)cc21.CC1(C)c2ccccc2N(c2ccc3sc4ccccc4c3c2)c2ccc(-c3ccc4c(c3)c3ccccc3n4-c3ccc4sc5ccccc5c4c3)cc21.